The van der Waals surface area contributed by atoms with Crippen molar-refractivity contribution in [1.82, 2.24) is 20.0 Å². The van der Waals surface area contributed by atoms with E-state index >= 15 is 0 Å². The van der Waals surface area contributed by atoms with Crippen LogP contribution in [0.3, 0.4) is 0 Å². The minimum atomic E-state index is -1.12. The van der Waals surface area contributed by atoms with Crippen LogP contribution in [0.15, 0.2) is 24.3 Å². The number of carbonyl (C=O) groups excluding carboxylic acids is 3. The number of hydrogen-bond donors (Lipinski definition) is 1. The summed E-state index contributed by atoms with van der Waals surface area (Å²) in [4.78, 5) is 45.3. The SMILES string of the molecule is CN(C)CCN1C(=O)NC(Cc2cccc(F)c2)(C2CCN(C(=O)C3(C)CCCCC3)CC2)C1=O. The van der Waals surface area contributed by atoms with Crippen molar-refractivity contribution in [2.75, 3.05) is 40.3 Å². The van der Waals surface area contributed by atoms with Gasteiger partial charge in [0.05, 0.1) is 0 Å². The van der Waals surface area contributed by atoms with Gasteiger partial charge >= 0.3 is 6.03 Å². The van der Waals surface area contributed by atoms with Crippen LogP contribution in [0.2, 0.25) is 0 Å². The Kier molecular flexibility index (Phi) is 7.50. The van der Waals surface area contributed by atoms with Crippen LogP contribution < -0.4 is 5.32 Å². The fraction of sp³-hybridized carbons (Fsp3) is 0.667. The van der Waals surface area contributed by atoms with Gasteiger partial charge in [0.15, 0.2) is 0 Å². The normalized spacial score (nSPS) is 25.3. The molecule has 8 heteroatoms. The van der Waals surface area contributed by atoms with Gasteiger partial charge in [-0.05, 0) is 63.4 Å². The summed E-state index contributed by atoms with van der Waals surface area (Å²) in [5.41, 5.74) is -0.729. The van der Waals surface area contributed by atoms with E-state index in [1.54, 1.807) is 12.1 Å². The highest BCUT2D eigenvalue weighted by atomic mass is 19.1. The molecule has 1 atom stereocenters. The molecule has 2 saturated heterocycles. The van der Waals surface area contributed by atoms with Gasteiger partial charge in [0.1, 0.15) is 11.4 Å². The minimum Gasteiger partial charge on any atom is -0.342 e. The average Bonchev–Trinajstić information content (AvgIpc) is 3.07. The van der Waals surface area contributed by atoms with Crippen molar-refractivity contribution >= 4 is 17.8 Å². The fourth-order valence-electron chi connectivity index (χ4n) is 6.16. The highest BCUT2D eigenvalue weighted by molar-refractivity contribution is 6.07. The van der Waals surface area contributed by atoms with E-state index in [0.717, 1.165) is 25.7 Å². The van der Waals surface area contributed by atoms with Gasteiger partial charge in [0, 0.05) is 38.0 Å². The van der Waals surface area contributed by atoms with Gasteiger partial charge in [-0.15, -0.1) is 0 Å². The third-order valence-corrected chi connectivity index (χ3v) is 8.30. The lowest BCUT2D eigenvalue weighted by Crippen LogP contribution is -2.58. The zero-order valence-electron chi connectivity index (χ0n) is 21.3. The van der Waals surface area contributed by atoms with Crippen LogP contribution in [0.1, 0.15) is 57.4 Å². The van der Waals surface area contributed by atoms with Crippen molar-refractivity contribution in [2.24, 2.45) is 11.3 Å². The van der Waals surface area contributed by atoms with Crippen LogP contribution in [0.5, 0.6) is 0 Å². The number of hydrogen-bond acceptors (Lipinski definition) is 4. The number of benzene rings is 1. The number of urea groups is 1. The first-order valence-corrected chi connectivity index (χ1v) is 13.0. The Morgan fingerprint density at radius 2 is 1.83 bits per heavy atom. The van der Waals surface area contributed by atoms with Gasteiger partial charge in [0.2, 0.25) is 5.91 Å². The molecule has 3 aliphatic rings. The summed E-state index contributed by atoms with van der Waals surface area (Å²) in [7, 11) is 3.80. The molecule has 0 bridgehead atoms. The summed E-state index contributed by atoms with van der Waals surface area (Å²) in [5.74, 6) is -0.503. The van der Waals surface area contributed by atoms with Crippen LogP contribution >= 0.6 is 0 Å². The Hall–Kier alpha value is -2.48. The molecule has 4 rings (SSSR count). The van der Waals surface area contributed by atoms with E-state index in [2.05, 4.69) is 12.2 Å². The molecule has 2 aliphatic heterocycles. The first kappa shape index (κ1) is 25.6. The monoisotopic (exact) mass is 486 g/mol. The van der Waals surface area contributed by atoms with Gasteiger partial charge in [-0.25, -0.2) is 9.18 Å². The van der Waals surface area contributed by atoms with Gasteiger partial charge in [-0.1, -0.05) is 38.3 Å². The first-order valence-electron chi connectivity index (χ1n) is 13.0. The summed E-state index contributed by atoms with van der Waals surface area (Å²) in [6.07, 6.45) is 6.76. The summed E-state index contributed by atoms with van der Waals surface area (Å²) in [6, 6.07) is 5.86. The van der Waals surface area contributed by atoms with Crippen LogP contribution in [-0.4, -0.2) is 78.4 Å². The standard InChI is InChI=1S/C27H39FN4O3/c1-26(12-5-4-6-13-26)23(33)31-14-10-21(11-15-31)27(19-20-8-7-9-22(28)18-20)24(34)32(25(35)29-27)17-16-30(2)3/h7-9,18,21H,4-6,10-17,19H2,1-3H3,(H,29,35). The van der Waals surface area contributed by atoms with Crippen LogP contribution in [0.4, 0.5) is 9.18 Å². The third-order valence-electron chi connectivity index (χ3n) is 8.30. The Morgan fingerprint density at radius 3 is 2.46 bits per heavy atom. The number of imide groups is 1. The summed E-state index contributed by atoms with van der Waals surface area (Å²) >= 11 is 0. The van der Waals surface area contributed by atoms with Gasteiger partial charge < -0.3 is 15.1 Å². The van der Waals surface area contributed by atoms with Crippen molar-refractivity contribution in [3.05, 3.63) is 35.6 Å². The number of likely N-dealkylation sites (tertiary alicyclic amines) is 1. The second-order valence-electron chi connectivity index (χ2n) is 11.2. The first-order chi connectivity index (χ1) is 16.6. The van der Waals surface area contributed by atoms with Crippen molar-refractivity contribution in [3.63, 3.8) is 0 Å². The lowest BCUT2D eigenvalue weighted by molar-refractivity contribution is -0.145. The Balaban J connectivity index is 1.54. The zero-order chi connectivity index (χ0) is 25.2. The predicted molar refractivity (Wildman–Crippen MR) is 132 cm³/mol. The number of rotatable bonds is 7. The van der Waals surface area contributed by atoms with Crippen molar-refractivity contribution < 1.29 is 18.8 Å². The molecule has 1 aliphatic carbocycles. The molecular weight excluding hydrogens is 447 g/mol. The molecular formula is C27H39FN4O3. The molecule has 35 heavy (non-hydrogen) atoms. The van der Waals surface area contributed by atoms with Gasteiger partial charge in [-0.2, -0.15) is 0 Å². The van der Waals surface area contributed by atoms with Gasteiger partial charge in [0.25, 0.3) is 5.91 Å². The molecule has 1 N–H and O–H groups in total. The second kappa shape index (κ2) is 10.2. The van der Waals surface area contributed by atoms with E-state index in [1.807, 2.05) is 23.9 Å². The number of nitrogens with zero attached hydrogens (tertiary/aromatic N) is 3. The Labute approximate surface area is 208 Å². The number of likely N-dealkylation sites (N-methyl/N-ethyl adjacent to an activating group) is 1. The number of amides is 4. The van der Waals surface area contributed by atoms with Gasteiger partial charge in [-0.3, -0.25) is 14.5 Å². The highest BCUT2D eigenvalue weighted by Gasteiger charge is 2.56. The molecule has 7 nitrogen and oxygen atoms in total. The smallest absolute Gasteiger partial charge is 0.325 e. The maximum Gasteiger partial charge on any atom is 0.325 e. The molecule has 3 fully saturated rings. The predicted octanol–water partition coefficient (Wildman–Crippen LogP) is 3.43. The zero-order valence-corrected chi connectivity index (χ0v) is 21.3. The maximum absolute atomic E-state index is 14.0. The summed E-state index contributed by atoms with van der Waals surface area (Å²) < 4.78 is 14.0. The largest absolute Gasteiger partial charge is 0.342 e. The van der Waals surface area contributed by atoms with E-state index in [1.165, 1.54) is 23.5 Å². The molecule has 192 valence electrons. The molecule has 4 amide bonds. The van der Waals surface area contributed by atoms with E-state index in [4.69, 9.17) is 0 Å². The van der Waals surface area contributed by atoms with Crippen LogP contribution in [-0.2, 0) is 16.0 Å². The maximum atomic E-state index is 14.0. The van der Waals surface area contributed by atoms with Crippen LogP contribution in [0, 0.1) is 17.2 Å². The average molecular weight is 487 g/mol. The lowest BCUT2D eigenvalue weighted by Gasteiger charge is -2.44. The molecule has 1 aromatic carbocycles. The lowest BCUT2D eigenvalue weighted by atomic mass is 9.72. The van der Waals surface area contributed by atoms with Crippen LogP contribution in [0.25, 0.3) is 0 Å². The van der Waals surface area contributed by atoms with E-state index in [-0.39, 0.29) is 41.4 Å². The fourth-order valence-corrected chi connectivity index (χ4v) is 6.16. The second-order valence-corrected chi connectivity index (χ2v) is 11.2. The number of piperidine rings is 1. The summed E-state index contributed by atoms with van der Waals surface area (Å²) in [5, 5.41) is 3.04. The Morgan fingerprint density at radius 1 is 1.14 bits per heavy atom. The van der Waals surface area contributed by atoms with E-state index in [0.29, 0.717) is 44.6 Å². The molecule has 1 aromatic rings. The van der Waals surface area contributed by atoms with Crippen molar-refractivity contribution in [1.29, 1.82) is 0 Å². The molecule has 0 radical (unpaired) electrons. The van der Waals surface area contributed by atoms with Crippen molar-refractivity contribution in [3.8, 4) is 0 Å². The minimum absolute atomic E-state index is 0.130. The molecule has 2 heterocycles. The van der Waals surface area contributed by atoms with Crippen molar-refractivity contribution in [2.45, 2.75) is 63.8 Å². The Bertz CT molecular complexity index is 953. The van der Waals surface area contributed by atoms with E-state index < -0.39 is 5.54 Å². The van der Waals surface area contributed by atoms with E-state index in [9.17, 15) is 18.8 Å². The molecule has 1 unspecified atom stereocenters. The molecule has 0 aromatic heterocycles. The summed E-state index contributed by atoms with van der Waals surface area (Å²) in [6.45, 7) is 4.12. The number of nitrogens with one attached hydrogen (secondary N) is 1. The topological polar surface area (TPSA) is 73.0 Å². The highest BCUT2D eigenvalue weighted by Crippen LogP contribution is 2.40. The molecule has 0 spiro atoms. The quantitative estimate of drug-likeness (QED) is 0.600. The third kappa shape index (κ3) is 5.22. The molecule has 1 saturated carbocycles. The number of halogens is 1. The number of carbonyl (C=O) groups is 3.